The normalized spacial score (nSPS) is 23.3. The second-order valence-electron chi connectivity index (χ2n) is 5.20. The number of rotatable bonds is 4. The van der Waals surface area contributed by atoms with Crippen LogP contribution in [0, 0.1) is 25.7 Å². The van der Waals surface area contributed by atoms with Crippen molar-refractivity contribution in [1.82, 2.24) is 5.32 Å². The van der Waals surface area contributed by atoms with Crippen LogP contribution < -0.4 is 11.1 Å². The average Bonchev–Trinajstić information content (AvgIpc) is 2.94. The first kappa shape index (κ1) is 13.6. The predicted molar refractivity (Wildman–Crippen MR) is 75.5 cm³/mol. The number of carbonyl (C=O) groups excluding carboxylic acids is 1. The molecule has 1 aromatic rings. The van der Waals surface area contributed by atoms with Crippen LogP contribution in [-0.2, 0) is 11.3 Å². The van der Waals surface area contributed by atoms with Crippen molar-refractivity contribution in [1.29, 1.82) is 0 Å². The molecule has 2 atom stereocenters. The Hall–Kier alpha value is -0.870. The van der Waals surface area contributed by atoms with Crippen LogP contribution in [0.2, 0.25) is 0 Å². The zero-order valence-corrected chi connectivity index (χ0v) is 12.0. The van der Waals surface area contributed by atoms with E-state index < -0.39 is 0 Å². The van der Waals surface area contributed by atoms with Crippen LogP contribution >= 0.6 is 11.3 Å². The van der Waals surface area contributed by atoms with Crippen molar-refractivity contribution in [2.24, 2.45) is 17.6 Å². The Balaban J connectivity index is 1.88. The van der Waals surface area contributed by atoms with Gasteiger partial charge in [-0.3, -0.25) is 4.79 Å². The van der Waals surface area contributed by atoms with Gasteiger partial charge in [-0.25, -0.2) is 0 Å². The van der Waals surface area contributed by atoms with Gasteiger partial charge in [0.05, 0.1) is 6.54 Å². The number of hydrogen-bond donors (Lipinski definition) is 2. The molecule has 1 heterocycles. The Morgan fingerprint density at radius 1 is 1.50 bits per heavy atom. The van der Waals surface area contributed by atoms with Gasteiger partial charge in [0, 0.05) is 15.7 Å². The molecule has 1 amide bonds. The van der Waals surface area contributed by atoms with Crippen molar-refractivity contribution < 1.29 is 4.79 Å². The first-order valence-corrected chi connectivity index (χ1v) is 7.47. The Kier molecular flexibility index (Phi) is 4.40. The van der Waals surface area contributed by atoms with Gasteiger partial charge in [0.2, 0.25) is 5.91 Å². The number of aryl methyl sites for hydroxylation is 2. The summed E-state index contributed by atoms with van der Waals surface area (Å²) >= 11 is 1.77. The molecule has 3 N–H and O–H groups in total. The molecule has 18 heavy (non-hydrogen) atoms. The lowest BCUT2D eigenvalue weighted by molar-refractivity contribution is -0.126. The molecule has 0 bridgehead atoms. The lowest BCUT2D eigenvalue weighted by Crippen LogP contribution is -2.34. The molecule has 0 saturated heterocycles. The zero-order valence-electron chi connectivity index (χ0n) is 11.2. The Morgan fingerprint density at radius 3 is 2.89 bits per heavy atom. The monoisotopic (exact) mass is 266 g/mol. The Labute approximate surface area is 113 Å². The molecule has 1 saturated carbocycles. The summed E-state index contributed by atoms with van der Waals surface area (Å²) in [5.74, 6) is 0.709. The van der Waals surface area contributed by atoms with Crippen molar-refractivity contribution in [3.05, 3.63) is 21.4 Å². The summed E-state index contributed by atoms with van der Waals surface area (Å²) in [6.07, 6.45) is 3.24. The van der Waals surface area contributed by atoms with E-state index in [0.717, 1.165) is 19.3 Å². The SMILES string of the molecule is Cc1cc(CNC(=O)C2CCCC2CN)sc1C. The molecule has 0 radical (unpaired) electrons. The molecule has 2 unspecified atom stereocenters. The highest BCUT2D eigenvalue weighted by molar-refractivity contribution is 7.12. The van der Waals surface area contributed by atoms with Crippen LogP contribution in [0.25, 0.3) is 0 Å². The minimum atomic E-state index is 0.136. The molecular weight excluding hydrogens is 244 g/mol. The third kappa shape index (κ3) is 2.93. The summed E-state index contributed by atoms with van der Waals surface area (Å²) in [6, 6.07) is 2.16. The molecule has 2 rings (SSSR count). The van der Waals surface area contributed by atoms with E-state index in [1.54, 1.807) is 11.3 Å². The standard InChI is InChI=1S/C14H22N2OS/c1-9-6-12(18-10(9)2)8-16-14(17)13-5-3-4-11(13)7-15/h6,11,13H,3-5,7-8,15H2,1-2H3,(H,16,17). The van der Waals surface area contributed by atoms with Crippen LogP contribution in [0.1, 0.15) is 34.6 Å². The number of carbonyl (C=O) groups is 1. The van der Waals surface area contributed by atoms with E-state index in [9.17, 15) is 4.79 Å². The summed E-state index contributed by atoms with van der Waals surface area (Å²) in [5.41, 5.74) is 7.02. The van der Waals surface area contributed by atoms with Crippen molar-refractivity contribution in [2.75, 3.05) is 6.54 Å². The van der Waals surface area contributed by atoms with Gasteiger partial charge in [0.1, 0.15) is 0 Å². The molecule has 100 valence electrons. The molecule has 0 aromatic carbocycles. The highest BCUT2D eigenvalue weighted by Gasteiger charge is 2.31. The Morgan fingerprint density at radius 2 is 2.28 bits per heavy atom. The number of thiophene rings is 1. The quantitative estimate of drug-likeness (QED) is 0.879. The maximum Gasteiger partial charge on any atom is 0.223 e. The third-order valence-corrected chi connectivity index (χ3v) is 5.10. The zero-order chi connectivity index (χ0) is 13.1. The highest BCUT2D eigenvalue weighted by atomic mass is 32.1. The van der Waals surface area contributed by atoms with Crippen LogP contribution in [0.4, 0.5) is 0 Å². The molecule has 1 aliphatic rings. The van der Waals surface area contributed by atoms with Crippen LogP contribution in [-0.4, -0.2) is 12.5 Å². The number of hydrogen-bond acceptors (Lipinski definition) is 3. The third-order valence-electron chi connectivity index (χ3n) is 3.95. The summed E-state index contributed by atoms with van der Waals surface area (Å²) in [6.45, 7) is 5.52. The fraction of sp³-hybridized carbons (Fsp3) is 0.643. The topological polar surface area (TPSA) is 55.1 Å². The van der Waals surface area contributed by atoms with Crippen molar-refractivity contribution >= 4 is 17.2 Å². The number of nitrogens with two attached hydrogens (primary N) is 1. The van der Waals surface area contributed by atoms with Gasteiger partial charge in [-0.15, -0.1) is 11.3 Å². The summed E-state index contributed by atoms with van der Waals surface area (Å²) in [4.78, 5) is 14.7. The van der Waals surface area contributed by atoms with Crippen molar-refractivity contribution in [2.45, 2.75) is 39.7 Å². The fourth-order valence-electron chi connectivity index (χ4n) is 2.71. The number of nitrogens with one attached hydrogen (secondary N) is 1. The van der Waals surface area contributed by atoms with Crippen LogP contribution in [0.15, 0.2) is 6.07 Å². The van der Waals surface area contributed by atoms with Gasteiger partial charge in [-0.1, -0.05) is 6.42 Å². The first-order chi connectivity index (χ1) is 8.61. The molecule has 4 heteroatoms. The second-order valence-corrected chi connectivity index (χ2v) is 6.54. The van der Waals surface area contributed by atoms with E-state index in [4.69, 9.17) is 5.73 Å². The second kappa shape index (κ2) is 5.85. The molecule has 1 aromatic heterocycles. The summed E-state index contributed by atoms with van der Waals surface area (Å²) < 4.78 is 0. The van der Waals surface area contributed by atoms with Gasteiger partial charge in [-0.2, -0.15) is 0 Å². The van der Waals surface area contributed by atoms with E-state index in [-0.39, 0.29) is 11.8 Å². The van der Waals surface area contributed by atoms with E-state index in [1.807, 2.05) is 0 Å². The van der Waals surface area contributed by atoms with E-state index in [0.29, 0.717) is 19.0 Å². The molecule has 1 fully saturated rings. The highest BCUT2D eigenvalue weighted by Crippen LogP contribution is 2.31. The lowest BCUT2D eigenvalue weighted by atomic mass is 9.95. The van der Waals surface area contributed by atoms with E-state index in [2.05, 4.69) is 25.2 Å². The van der Waals surface area contributed by atoms with Crippen molar-refractivity contribution in [3.63, 3.8) is 0 Å². The fourth-order valence-corrected chi connectivity index (χ4v) is 3.70. The first-order valence-electron chi connectivity index (χ1n) is 6.65. The maximum atomic E-state index is 12.1. The summed E-state index contributed by atoms with van der Waals surface area (Å²) in [7, 11) is 0. The van der Waals surface area contributed by atoms with Crippen molar-refractivity contribution in [3.8, 4) is 0 Å². The lowest BCUT2D eigenvalue weighted by Gasteiger charge is -2.16. The van der Waals surface area contributed by atoms with Gasteiger partial charge in [-0.05, 0) is 50.8 Å². The Bertz CT molecular complexity index is 408. The number of amides is 1. The molecule has 1 aliphatic carbocycles. The smallest absolute Gasteiger partial charge is 0.223 e. The molecule has 0 aliphatic heterocycles. The van der Waals surface area contributed by atoms with Gasteiger partial charge in [0.15, 0.2) is 0 Å². The van der Waals surface area contributed by atoms with Gasteiger partial charge < -0.3 is 11.1 Å². The molecular formula is C14H22N2OS. The van der Waals surface area contributed by atoms with Crippen LogP contribution in [0.5, 0.6) is 0 Å². The minimum absolute atomic E-state index is 0.136. The minimum Gasteiger partial charge on any atom is -0.351 e. The predicted octanol–water partition coefficient (Wildman–Crippen LogP) is 2.36. The van der Waals surface area contributed by atoms with Gasteiger partial charge in [0.25, 0.3) is 0 Å². The molecule has 3 nitrogen and oxygen atoms in total. The van der Waals surface area contributed by atoms with E-state index >= 15 is 0 Å². The maximum absolute atomic E-state index is 12.1. The molecule has 0 spiro atoms. The largest absolute Gasteiger partial charge is 0.351 e. The van der Waals surface area contributed by atoms with Gasteiger partial charge >= 0.3 is 0 Å². The summed E-state index contributed by atoms with van der Waals surface area (Å²) in [5, 5.41) is 3.06. The van der Waals surface area contributed by atoms with Crippen LogP contribution in [0.3, 0.4) is 0 Å². The average molecular weight is 266 g/mol. The van der Waals surface area contributed by atoms with E-state index in [1.165, 1.54) is 15.3 Å².